The number of nitrogens with zero attached hydrogens (tertiary/aromatic N) is 2. The lowest BCUT2D eigenvalue weighted by Gasteiger charge is -2.37. The summed E-state index contributed by atoms with van der Waals surface area (Å²) in [5.74, 6) is 0. The van der Waals surface area contributed by atoms with Crippen molar-refractivity contribution in [1.29, 1.82) is 0 Å². The highest BCUT2D eigenvalue weighted by Gasteiger charge is 2.32. The average Bonchev–Trinajstić information content (AvgIpc) is 2.61. The topological polar surface area (TPSA) is 61.9 Å². The van der Waals surface area contributed by atoms with Crippen molar-refractivity contribution in [2.75, 3.05) is 26.2 Å². The average molecular weight is 382 g/mol. The van der Waals surface area contributed by atoms with Crippen molar-refractivity contribution in [3.63, 3.8) is 0 Å². The third kappa shape index (κ3) is 4.64. The molecule has 1 aromatic carbocycles. The number of rotatable bonds is 6. The SMILES string of the molecule is CC[C@H](CNS(=O)(=O)N1C[C@@H](C)O[C@H](C)C1)N1CCc2ccccc2C1. The molecule has 1 N–H and O–H groups in total. The molecule has 3 rings (SSSR count). The smallest absolute Gasteiger partial charge is 0.279 e. The molecule has 7 heteroatoms. The Hall–Kier alpha value is -0.990. The number of hydrogen-bond donors (Lipinski definition) is 1. The van der Waals surface area contributed by atoms with Crippen LogP contribution in [-0.4, -0.2) is 62.1 Å². The van der Waals surface area contributed by atoms with Gasteiger partial charge in [0.2, 0.25) is 0 Å². The van der Waals surface area contributed by atoms with Gasteiger partial charge in [0, 0.05) is 38.8 Å². The van der Waals surface area contributed by atoms with Gasteiger partial charge >= 0.3 is 0 Å². The van der Waals surface area contributed by atoms with E-state index in [0.717, 1.165) is 25.9 Å². The van der Waals surface area contributed by atoms with E-state index >= 15 is 0 Å². The maximum absolute atomic E-state index is 12.7. The first kappa shape index (κ1) is 19.8. The predicted molar refractivity (Wildman–Crippen MR) is 103 cm³/mol. The van der Waals surface area contributed by atoms with Gasteiger partial charge in [0.05, 0.1) is 12.2 Å². The molecule has 0 bridgehead atoms. The minimum absolute atomic E-state index is 0.0732. The van der Waals surface area contributed by atoms with Gasteiger partial charge in [-0.1, -0.05) is 31.2 Å². The molecule has 3 atom stereocenters. The molecular weight excluding hydrogens is 350 g/mol. The molecule has 1 saturated heterocycles. The van der Waals surface area contributed by atoms with Crippen LogP contribution in [0.15, 0.2) is 24.3 Å². The maximum atomic E-state index is 12.7. The van der Waals surface area contributed by atoms with Crippen LogP contribution in [0.4, 0.5) is 0 Å². The van der Waals surface area contributed by atoms with Crippen LogP contribution in [0, 0.1) is 0 Å². The van der Waals surface area contributed by atoms with Gasteiger partial charge in [-0.25, -0.2) is 4.72 Å². The molecular formula is C19H31N3O3S. The summed E-state index contributed by atoms with van der Waals surface area (Å²) in [7, 11) is -3.48. The van der Waals surface area contributed by atoms with Crippen molar-refractivity contribution in [2.45, 2.75) is 58.4 Å². The molecule has 2 aliphatic heterocycles. The fourth-order valence-electron chi connectivity index (χ4n) is 3.98. The van der Waals surface area contributed by atoms with Gasteiger partial charge in [0.25, 0.3) is 10.2 Å². The van der Waals surface area contributed by atoms with E-state index in [4.69, 9.17) is 4.74 Å². The third-order valence-electron chi connectivity index (χ3n) is 5.38. The van der Waals surface area contributed by atoms with Gasteiger partial charge < -0.3 is 4.74 Å². The lowest BCUT2D eigenvalue weighted by molar-refractivity contribution is -0.0444. The molecule has 26 heavy (non-hydrogen) atoms. The van der Waals surface area contributed by atoms with E-state index in [1.54, 1.807) is 0 Å². The van der Waals surface area contributed by atoms with Crippen molar-refractivity contribution in [3.8, 4) is 0 Å². The normalized spacial score (nSPS) is 26.4. The second-order valence-corrected chi connectivity index (χ2v) is 9.23. The summed E-state index contributed by atoms with van der Waals surface area (Å²) in [4.78, 5) is 2.40. The van der Waals surface area contributed by atoms with Gasteiger partial charge in [-0.2, -0.15) is 12.7 Å². The lowest BCUT2D eigenvalue weighted by atomic mass is 9.98. The standard InChI is InChI=1S/C19H31N3O3S/c1-4-19(21-10-9-17-7-5-6-8-18(17)14-21)11-20-26(23,24)22-12-15(2)25-16(3)13-22/h5-8,15-16,19-20H,4,9-14H2,1-3H3/t15-,16-,19-/m1/s1. The molecule has 1 fully saturated rings. The monoisotopic (exact) mass is 381 g/mol. The third-order valence-corrected chi connectivity index (χ3v) is 6.88. The predicted octanol–water partition coefficient (Wildman–Crippen LogP) is 1.77. The zero-order chi connectivity index (χ0) is 18.7. The summed E-state index contributed by atoms with van der Waals surface area (Å²) >= 11 is 0. The Morgan fingerprint density at radius 1 is 1.19 bits per heavy atom. The molecule has 0 radical (unpaired) electrons. The van der Waals surface area contributed by atoms with E-state index < -0.39 is 10.2 Å². The highest BCUT2D eigenvalue weighted by atomic mass is 32.2. The van der Waals surface area contributed by atoms with Crippen LogP contribution in [0.5, 0.6) is 0 Å². The lowest BCUT2D eigenvalue weighted by Crippen LogP contribution is -2.54. The molecule has 0 aliphatic carbocycles. The van der Waals surface area contributed by atoms with Crippen molar-refractivity contribution >= 4 is 10.2 Å². The quantitative estimate of drug-likeness (QED) is 0.816. The van der Waals surface area contributed by atoms with Crippen LogP contribution in [-0.2, 0) is 27.9 Å². The number of ether oxygens (including phenoxy) is 1. The molecule has 0 unspecified atom stereocenters. The molecule has 2 aliphatic rings. The van der Waals surface area contributed by atoms with Crippen LogP contribution in [0.25, 0.3) is 0 Å². The van der Waals surface area contributed by atoms with Crippen LogP contribution < -0.4 is 4.72 Å². The summed E-state index contributed by atoms with van der Waals surface area (Å²) in [5, 5.41) is 0. The molecule has 0 aromatic heterocycles. The Labute approximate surface area is 157 Å². The fourth-order valence-corrected chi connectivity index (χ4v) is 5.38. The van der Waals surface area contributed by atoms with Crippen LogP contribution in [0.1, 0.15) is 38.3 Å². The Bertz CT molecular complexity index is 700. The Balaban J connectivity index is 1.60. The molecule has 1 aromatic rings. The van der Waals surface area contributed by atoms with Crippen molar-refractivity contribution in [2.24, 2.45) is 0 Å². The molecule has 0 amide bonds. The van der Waals surface area contributed by atoms with Crippen molar-refractivity contribution in [3.05, 3.63) is 35.4 Å². The van der Waals surface area contributed by atoms with Gasteiger partial charge in [-0.05, 0) is 37.8 Å². The first-order chi connectivity index (χ1) is 12.4. The van der Waals surface area contributed by atoms with Crippen molar-refractivity contribution in [1.82, 2.24) is 13.9 Å². The first-order valence-corrected chi connectivity index (χ1v) is 11.0. The van der Waals surface area contributed by atoms with Gasteiger partial charge in [-0.3, -0.25) is 4.90 Å². The second-order valence-electron chi connectivity index (χ2n) is 7.48. The number of morpholine rings is 1. The summed E-state index contributed by atoms with van der Waals surface area (Å²) in [5.41, 5.74) is 2.77. The summed E-state index contributed by atoms with van der Waals surface area (Å²) < 4.78 is 35.4. The number of nitrogens with one attached hydrogen (secondary N) is 1. The Morgan fingerprint density at radius 2 is 1.85 bits per heavy atom. The Kier molecular flexibility index (Phi) is 6.35. The van der Waals surface area contributed by atoms with Crippen molar-refractivity contribution < 1.29 is 13.2 Å². The Morgan fingerprint density at radius 3 is 2.50 bits per heavy atom. The molecule has 0 saturated carbocycles. The van der Waals surface area contributed by atoms with E-state index in [2.05, 4.69) is 40.8 Å². The van der Waals surface area contributed by atoms with E-state index in [1.165, 1.54) is 15.4 Å². The maximum Gasteiger partial charge on any atom is 0.279 e. The number of benzene rings is 1. The zero-order valence-corrected chi connectivity index (χ0v) is 16.8. The molecule has 6 nitrogen and oxygen atoms in total. The minimum atomic E-state index is -3.48. The molecule has 0 spiro atoms. The van der Waals surface area contributed by atoms with Gasteiger partial charge in [-0.15, -0.1) is 0 Å². The summed E-state index contributed by atoms with van der Waals surface area (Å²) in [6.07, 6.45) is 1.80. The summed E-state index contributed by atoms with van der Waals surface area (Å²) in [6, 6.07) is 8.73. The van der Waals surface area contributed by atoms with Crippen LogP contribution in [0.2, 0.25) is 0 Å². The van der Waals surface area contributed by atoms with E-state index in [9.17, 15) is 8.42 Å². The molecule has 2 heterocycles. The fraction of sp³-hybridized carbons (Fsp3) is 0.684. The van der Waals surface area contributed by atoms with Gasteiger partial charge in [0.1, 0.15) is 0 Å². The van der Waals surface area contributed by atoms with Crippen LogP contribution >= 0.6 is 0 Å². The van der Waals surface area contributed by atoms with E-state index in [-0.39, 0.29) is 18.2 Å². The van der Waals surface area contributed by atoms with Gasteiger partial charge in [0.15, 0.2) is 0 Å². The molecule has 146 valence electrons. The largest absolute Gasteiger partial charge is 0.373 e. The summed E-state index contributed by atoms with van der Waals surface area (Å²) in [6.45, 7) is 9.09. The minimum Gasteiger partial charge on any atom is -0.373 e. The highest BCUT2D eigenvalue weighted by Crippen LogP contribution is 2.21. The van der Waals surface area contributed by atoms with E-state index in [0.29, 0.717) is 19.6 Å². The number of fused-ring (bicyclic) bond motifs is 1. The first-order valence-electron chi connectivity index (χ1n) is 9.60. The second kappa shape index (κ2) is 8.35. The van der Waals surface area contributed by atoms with Crippen LogP contribution in [0.3, 0.4) is 0 Å². The number of hydrogen-bond acceptors (Lipinski definition) is 4. The zero-order valence-electron chi connectivity index (χ0n) is 16.0. The highest BCUT2D eigenvalue weighted by molar-refractivity contribution is 7.87. The van der Waals surface area contributed by atoms with E-state index in [1.807, 2.05) is 13.8 Å².